The Morgan fingerprint density at radius 2 is 1.95 bits per heavy atom. The zero-order valence-electron chi connectivity index (χ0n) is 24.0. The van der Waals surface area contributed by atoms with Crippen LogP contribution in [0.1, 0.15) is 51.8 Å². The Balaban J connectivity index is 1.43. The Kier molecular flexibility index (Phi) is 7.25. The van der Waals surface area contributed by atoms with E-state index in [4.69, 9.17) is 19.7 Å². The van der Waals surface area contributed by atoms with Crippen molar-refractivity contribution in [3.63, 3.8) is 0 Å². The van der Waals surface area contributed by atoms with Crippen molar-refractivity contribution in [3.8, 4) is 11.4 Å². The summed E-state index contributed by atoms with van der Waals surface area (Å²) in [4.78, 5) is 29.8. The molecule has 0 radical (unpaired) electrons. The zero-order valence-corrected chi connectivity index (χ0v) is 24.8. The summed E-state index contributed by atoms with van der Waals surface area (Å²) in [6.07, 6.45) is 5.19. The fourth-order valence-electron chi connectivity index (χ4n) is 5.18. The summed E-state index contributed by atoms with van der Waals surface area (Å²) in [5.41, 5.74) is 2.95. The maximum Gasteiger partial charge on any atom is 0.266 e. The highest BCUT2D eigenvalue weighted by molar-refractivity contribution is 7.91. The summed E-state index contributed by atoms with van der Waals surface area (Å²) in [7, 11) is 0. The van der Waals surface area contributed by atoms with Crippen LogP contribution in [0.5, 0.6) is 0 Å². The molecule has 1 aliphatic heterocycles. The van der Waals surface area contributed by atoms with Gasteiger partial charge in [0.25, 0.3) is 5.91 Å². The molecule has 1 unspecified atom stereocenters. The summed E-state index contributed by atoms with van der Waals surface area (Å²) < 4.78 is 23.5. The summed E-state index contributed by atoms with van der Waals surface area (Å²) in [5, 5.41) is 0.952. The van der Waals surface area contributed by atoms with Gasteiger partial charge in [-0.15, -0.1) is 0 Å². The number of benzene rings is 1. The van der Waals surface area contributed by atoms with Gasteiger partial charge in [0, 0.05) is 60.8 Å². The molecule has 1 aromatic carbocycles. The number of nitrogens with one attached hydrogen (secondary N) is 1. The minimum Gasteiger partial charge on any atom is -0.592 e. The van der Waals surface area contributed by atoms with Crippen molar-refractivity contribution in [1.82, 2.24) is 24.2 Å². The third-order valence-electron chi connectivity index (χ3n) is 7.87. The Morgan fingerprint density at radius 1 is 1.17 bits per heavy atom. The number of aromatic nitrogens is 4. The number of anilines is 1. The van der Waals surface area contributed by atoms with Gasteiger partial charge in [0.05, 0.1) is 30.6 Å². The predicted molar refractivity (Wildman–Crippen MR) is 161 cm³/mol. The molecule has 41 heavy (non-hydrogen) atoms. The smallest absolute Gasteiger partial charge is 0.266 e. The topological polar surface area (TPSA) is 108 Å². The fourth-order valence-corrected chi connectivity index (χ4v) is 6.62. The normalized spacial score (nSPS) is 19.2. The quantitative estimate of drug-likeness (QED) is 0.323. The number of rotatable bonds is 7. The molecule has 0 spiro atoms. The fraction of sp³-hybridized carbons (Fsp3) is 0.419. The van der Waals surface area contributed by atoms with E-state index in [9.17, 15) is 9.35 Å². The molecule has 9 nitrogen and oxygen atoms in total. The van der Waals surface area contributed by atoms with Gasteiger partial charge in [-0.3, -0.25) is 4.79 Å². The lowest BCUT2D eigenvalue weighted by molar-refractivity contribution is -0.126. The second-order valence-electron chi connectivity index (χ2n) is 12.0. The summed E-state index contributed by atoms with van der Waals surface area (Å²) in [6.45, 7) is 10.2. The first-order chi connectivity index (χ1) is 19.7. The Bertz CT molecular complexity index is 1560. The first kappa shape index (κ1) is 27.7. The van der Waals surface area contributed by atoms with Crippen molar-refractivity contribution in [1.29, 1.82) is 0 Å². The van der Waals surface area contributed by atoms with Gasteiger partial charge in [0.15, 0.2) is 10.6 Å². The first-order valence-corrected chi connectivity index (χ1v) is 15.3. The summed E-state index contributed by atoms with van der Waals surface area (Å²) in [5.74, 6) is 1.10. The molecule has 1 N–H and O–H groups in total. The third kappa shape index (κ3) is 5.43. The third-order valence-corrected chi connectivity index (χ3v) is 9.56. The van der Waals surface area contributed by atoms with E-state index in [1.807, 2.05) is 57.3 Å². The van der Waals surface area contributed by atoms with Crippen LogP contribution in [-0.2, 0) is 32.2 Å². The number of amides is 1. The van der Waals surface area contributed by atoms with Crippen LogP contribution in [0.4, 0.5) is 5.82 Å². The molecule has 1 amide bonds. The van der Waals surface area contributed by atoms with Crippen molar-refractivity contribution < 1.29 is 14.1 Å². The predicted octanol–water partition coefficient (Wildman–Crippen LogP) is 4.58. The molecule has 214 valence electrons. The molecule has 3 aromatic heterocycles. The number of ether oxygens (including phenoxy) is 1. The maximum absolute atomic E-state index is 13.6. The van der Waals surface area contributed by atoms with Gasteiger partial charge in [0.2, 0.25) is 0 Å². The number of pyridine rings is 1. The van der Waals surface area contributed by atoms with Gasteiger partial charge in [-0.1, -0.05) is 51.1 Å². The first-order valence-electron chi connectivity index (χ1n) is 14.1. The van der Waals surface area contributed by atoms with Crippen molar-refractivity contribution in [2.45, 2.75) is 57.9 Å². The number of carbonyl (C=O) groups is 1. The molecule has 4 aromatic rings. The molecular formula is C31H36N6O3S. The van der Waals surface area contributed by atoms with E-state index in [-0.39, 0.29) is 11.9 Å². The maximum atomic E-state index is 13.6. The van der Waals surface area contributed by atoms with Gasteiger partial charge >= 0.3 is 0 Å². The van der Waals surface area contributed by atoms with Gasteiger partial charge < -0.3 is 18.8 Å². The minimum absolute atomic E-state index is 0.130. The van der Waals surface area contributed by atoms with E-state index in [1.165, 1.54) is 5.56 Å². The lowest BCUT2D eigenvalue weighted by Crippen LogP contribution is -2.45. The Morgan fingerprint density at radius 3 is 2.66 bits per heavy atom. The molecule has 2 atom stereocenters. The average molecular weight is 573 g/mol. The number of hydrogen-bond donors (Lipinski definition) is 1. The lowest BCUT2D eigenvalue weighted by atomic mass is 9.96. The van der Waals surface area contributed by atoms with Crippen molar-refractivity contribution in [2.75, 3.05) is 24.7 Å². The zero-order chi connectivity index (χ0) is 28.8. The summed E-state index contributed by atoms with van der Waals surface area (Å²) in [6, 6.07) is 16.4. The number of hydrogen-bond acceptors (Lipinski definition) is 7. The van der Waals surface area contributed by atoms with E-state index in [2.05, 4.69) is 39.3 Å². The van der Waals surface area contributed by atoms with E-state index in [0.29, 0.717) is 50.7 Å². The van der Waals surface area contributed by atoms with Crippen LogP contribution in [0, 0.1) is 5.41 Å². The van der Waals surface area contributed by atoms with Crippen molar-refractivity contribution >= 4 is 34.1 Å². The molecule has 4 heterocycles. The van der Waals surface area contributed by atoms with Crippen LogP contribution in [0.3, 0.4) is 0 Å². The lowest BCUT2D eigenvalue weighted by Gasteiger charge is -2.35. The van der Waals surface area contributed by atoms with Crippen LogP contribution in [0.25, 0.3) is 22.4 Å². The van der Waals surface area contributed by atoms with Gasteiger partial charge in [-0.25, -0.2) is 15.0 Å². The highest BCUT2D eigenvalue weighted by atomic mass is 32.2. The van der Waals surface area contributed by atoms with Crippen molar-refractivity contribution in [2.24, 2.45) is 5.41 Å². The second kappa shape index (κ2) is 10.7. The second-order valence-corrected chi connectivity index (χ2v) is 13.5. The van der Waals surface area contributed by atoms with Crippen LogP contribution in [0.15, 0.2) is 60.9 Å². The van der Waals surface area contributed by atoms with Crippen molar-refractivity contribution in [3.05, 3.63) is 72.2 Å². The van der Waals surface area contributed by atoms with Gasteiger partial charge in [-0.2, -0.15) is 4.72 Å². The minimum atomic E-state index is -1.63. The highest BCUT2D eigenvalue weighted by Gasteiger charge is 2.59. The molecule has 1 aliphatic carbocycles. The summed E-state index contributed by atoms with van der Waals surface area (Å²) >= 11 is -1.63. The van der Waals surface area contributed by atoms with Crippen LogP contribution in [-0.4, -0.2) is 55.8 Å². The van der Waals surface area contributed by atoms with Gasteiger partial charge in [-0.05, 0) is 24.6 Å². The van der Waals surface area contributed by atoms with E-state index in [0.717, 1.165) is 22.4 Å². The van der Waals surface area contributed by atoms with Crippen LogP contribution in [0.2, 0.25) is 0 Å². The van der Waals surface area contributed by atoms with Gasteiger partial charge in [0.1, 0.15) is 17.2 Å². The number of nitrogens with zero attached hydrogens (tertiary/aromatic N) is 5. The van der Waals surface area contributed by atoms with E-state index in [1.54, 1.807) is 6.20 Å². The number of morpholine rings is 1. The van der Waals surface area contributed by atoms with E-state index < -0.39 is 21.5 Å². The molecule has 10 heteroatoms. The number of carbonyl (C=O) groups excluding carboxylic acids is 1. The highest BCUT2D eigenvalue weighted by Crippen LogP contribution is 2.52. The Labute approximate surface area is 243 Å². The molecule has 6 rings (SSSR count). The van der Waals surface area contributed by atoms with Crippen LogP contribution >= 0.6 is 0 Å². The van der Waals surface area contributed by atoms with E-state index >= 15 is 0 Å². The molecule has 1 saturated heterocycles. The number of fused-ring (bicyclic) bond motifs is 1. The molecular weight excluding hydrogens is 536 g/mol. The average Bonchev–Trinajstić information content (AvgIpc) is 3.69. The largest absolute Gasteiger partial charge is 0.592 e. The standard InChI is InChI=1S/C31H36N6O3S/c1-21-20-40-17-16-37(21)26-18-25(31(12-13-31)41(39)35-29(38)30(2,3)4)33-27(34-26)23-10-14-32-28-24(23)11-15-36(28)19-22-8-6-5-7-9-22/h5-11,14-15,18,21H,12-13,16-17,19-20H2,1-4H3,(H,35,38)/t21?,41-/m1/s1. The molecule has 1 saturated carbocycles. The molecule has 2 aliphatic rings. The molecule has 2 fully saturated rings. The SMILES string of the molecule is CC1COCCN1c1cc(C2([S@@+]([O-])NC(=O)C(C)(C)C)CC2)nc(-c2ccnc3c2ccn3Cc2ccccc2)n1. The van der Waals surface area contributed by atoms with Crippen LogP contribution < -0.4 is 9.62 Å². The Hall–Kier alpha value is -3.47. The monoisotopic (exact) mass is 572 g/mol. The molecule has 0 bridgehead atoms.